The molecule has 1 N–H and O–H groups in total. The number of carbonyl (C=O) groups excluding carboxylic acids is 1. The second-order valence-electron chi connectivity index (χ2n) is 8.00. The summed E-state index contributed by atoms with van der Waals surface area (Å²) in [7, 11) is 0. The summed E-state index contributed by atoms with van der Waals surface area (Å²) in [6, 6.07) is 11.9. The summed E-state index contributed by atoms with van der Waals surface area (Å²) < 4.78 is 30.8. The lowest BCUT2D eigenvalue weighted by Gasteiger charge is -2.11. The van der Waals surface area contributed by atoms with Crippen LogP contribution >= 0.6 is 0 Å². The van der Waals surface area contributed by atoms with Crippen LogP contribution in [0.1, 0.15) is 35.6 Å². The molecule has 0 bridgehead atoms. The van der Waals surface area contributed by atoms with E-state index in [0.717, 1.165) is 42.7 Å². The lowest BCUT2D eigenvalue weighted by molar-refractivity contribution is 0.102. The van der Waals surface area contributed by atoms with E-state index in [-0.39, 0.29) is 11.4 Å². The Morgan fingerprint density at radius 1 is 0.941 bits per heavy atom. The number of aryl methyl sites for hydroxylation is 1. The molecular formula is C24H20F2N6O2. The van der Waals surface area contributed by atoms with Gasteiger partial charge in [0, 0.05) is 24.6 Å². The average molecular weight is 462 g/mol. The van der Waals surface area contributed by atoms with Gasteiger partial charge in [-0.2, -0.15) is 9.78 Å². The first kappa shape index (κ1) is 21.6. The molecule has 0 saturated heterocycles. The van der Waals surface area contributed by atoms with Crippen molar-refractivity contribution in [2.75, 3.05) is 5.32 Å². The van der Waals surface area contributed by atoms with Crippen molar-refractivity contribution in [3.8, 4) is 17.1 Å². The SMILES string of the molecule is O=C(Nc1cc(-c2nnc3n2CCCCC3)ccc1F)c1ccc(=O)n(-c2ccc(F)cc2)n1. The average Bonchev–Trinajstić information content (AvgIpc) is 3.09. The smallest absolute Gasteiger partial charge is 0.276 e. The van der Waals surface area contributed by atoms with Gasteiger partial charge in [0.2, 0.25) is 0 Å². The highest BCUT2D eigenvalue weighted by Gasteiger charge is 2.19. The Bertz CT molecular complexity index is 1430. The lowest BCUT2D eigenvalue weighted by Crippen LogP contribution is -2.25. The maximum atomic E-state index is 14.6. The number of benzene rings is 2. The van der Waals surface area contributed by atoms with Gasteiger partial charge in [-0.05, 0) is 61.4 Å². The fourth-order valence-electron chi connectivity index (χ4n) is 3.94. The Balaban J connectivity index is 1.44. The molecule has 3 heterocycles. The van der Waals surface area contributed by atoms with Crippen LogP contribution < -0.4 is 10.9 Å². The van der Waals surface area contributed by atoms with Crippen molar-refractivity contribution in [1.82, 2.24) is 24.5 Å². The van der Waals surface area contributed by atoms with Gasteiger partial charge < -0.3 is 9.88 Å². The van der Waals surface area contributed by atoms with E-state index in [4.69, 9.17) is 0 Å². The van der Waals surface area contributed by atoms with Crippen molar-refractivity contribution in [3.63, 3.8) is 0 Å². The number of anilines is 1. The summed E-state index contributed by atoms with van der Waals surface area (Å²) in [5.41, 5.74) is 0.270. The summed E-state index contributed by atoms with van der Waals surface area (Å²) >= 11 is 0. The lowest BCUT2D eigenvalue weighted by atomic mass is 10.1. The third-order valence-electron chi connectivity index (χ3n) is 5.69. The first-order valence-corrected chi connectivity index (χ1v) is 10.9. The van der Waals surface area contributed by atoms with Gasteiger partial charge in [0.15, 0.2) is 5.82 Å². The molecule has 0 aliphatic carbocycles. The summed E-state index contributed by atoms with van der Waals surface area (Å²) in [6.45, 7) is 0.783. The summed E-state index contributed by atoms with van der Waals surface area (Å²) in [4.78, 5) is 25.1. The zero-order valence-corrected chi connectivity index (χ0v) is 18.0. The molecule has 34 heavy (non-hydrogen) atoms. The van der Waals surface area contributed by atoms with E-state index in [1.165, 1.54) is 48.5 Å². The second kappa shape index (κ2) is 8.97. The number of nitrogens with zero attached hydrogens (tertiary/aromatic N) is 5. The standard InChI is InChI=1S/C24H20F2N6O2/c25-16-6-8-17(9-7-16)32-22(33)12-11-19(30-32)24(34)27-20-14-15(5-10-18(20)26)23-29-28-21-4-2-1-3-13-31(21)23/h5-12,14H,1-4,13H2,(H,27,34). The molecule has 0 fully saturated rings. The van der Waals surface area contributed by atoms with Crippen molar-refractivity contribution >= 4 is 11.6 Å². The third kappa shape index (κ3) is 4.21. The molecule has 1 aliphatic heterocycles. The molecule has 2 aromatic carbocycles. The fourth-order valence-corrected chi connectivity index (χ4v) is 3.94. The van der Waals surface area contributed by atoms with Crippen LogP contribution in [0.4, 0.5) is 14.5 Å². The number of hydrogen-bond donors (Lipinski definition) is 1. The minimum Gasteiger partial charge on any atom is -0.318 e. The summed E-state index contributed by atoms with van der Waals surface area (Å²) in [6.07, 6.45) is 4.02. The number of hydrogen-bond acceptors (Lipinski definition) is 5. The topological polar surface area (TPSA) is 94.7 Å². The molecular weight excluding hydrogens is 442 g/mol. The molecule has 2 aromatic heterocycles. The summed E-state index contributed by atoms with van der Waals surface area (Å²) in [5, 5.41) is 15.1. The van der Waals surface area contributed by atoms with E-state index in [1.807, 2.05) is 4.57 Å². The number of rotatable bonds is 4. The molecule has 172 valence electrons. The van der Waals surface area contributed by atoms with E-state index in [9.17, 15) is 18.4 Å². The van der Waals surface area contributed by atoms with Gasteiger partial charge in [0.1, 0.15) is 23.2 Å². The number of amides is 1. The van der Waals surface area contributed by atoms with Gasteiger partial charge in [-0.15, -0.1) is 10.2 Å². The Morgan fingerprint density at radius 3 is 2.59 bits per heavy atom. The second-order valence-corrected chi connectivity index (χ2v) is 8.00. The Labute approximate surface area is 192 Å². The molecule has 0 unspecified atom stereocenters. The third-order valence-corrected chi connectivity index (χ3v) is 5.69. The van der Waals surface area contributed by atoms with Crippen molar-refractivity contribution in [2.45, 2.75) is 32.2 Å². The van der Waals surface area contributed by atoms with Crippen LogP contribution in [0.5, 0.6) is 0 Å². The molecule has 10 heteroatoms. The molecule has 0 spiro atoms. The number of aromatic nitrogens is 5. The molecule has 1 amide bonds. The minimum atomic E-state index is -0.702. The van der Waals surface area contributed by atoms with Crippen LogP contribution in [0.15, 0.2) is 59.4 Å². The van der Waals surface area contributed by atoms with E-state index >= 15 is 0 Å². The largest absolute Gasteiger partial charge is 0.318 e. The molecule has 4 aromatic rings. The number of nitrogens with one attached hydrogen (secondary N) is 1. The van der Waals surface area contributed by atoms with E-state index in [2.05, 4.69) is 20.6 Å². The summed E-state index contributed by atoms with van der Waals surface area (Å²) in [5.74, 6) is -0.276. The minimum absolute atomic E-state index is 0.0465. The van der Waals surface area contributed by atoms with E-state index in [0.29, 0.717) is 17.1 Å². The molecule has 5 rings (SSSR count). The maximum absolute atomic E-state index is 14.6. The highest BCUT2D eigenvalue weighted by atomic mass is 19.1. The van der Waals surface area contributed by atoms with Crippen molar-refractivity contribution < 1.29 is 13.6 Å². The monoisotopic (exact) mass is 462 g/mol. The highest BCUT2D eigenvalue weighted by Crippen LogP contribution is 2.27. The van der Waals surface area contributed by atoms with Crippen LogP contribution in [0, 0.1) is 11.6 Å². The van der Waals surface area contributed by atoms with E-state index < -0.39 is 23.1 Å². The normalized spacial score (nSPS) is 13.2. The molecule has 0 saturated carbocycles. The van der Waals surface area contributed by atoms with Crippen LogP contribution in [0.2, 0.25) is 0 Å². The Kier molecular flexibility index (Phi) is 5.70. The Hall–Kier alpha value is -4.21. The van der Waals surface area contributed by atoms with Gasteiger partial charge in [-0.25, -0.2) is 8.78 Å². The van der Waals surface area contributed by atoms with Gasteiger partial charge in [0.05, 0.1) is 11.4 Å². The van der Waals surface area contributed by atoms with Crippen LogP contribution in [-0.4, -0.2) is 30.5 Å². The van der Waals surface area contributed by atoms with Gasteiger partial charge >= 0.3 is 0 Å². The van der Waals surface area contributed by atoms with Crippen LogP contribution in [0.3, 0.4) is 0 Å². The van der Waals surface area contributed by atoms with Gasteiger partial charge in [-0.3, -0.25) is 9.59 Å². The molecule has 8 nitrogen and oxygen atoms in total. The molecule has 0 atom stereocenters. The maximum Gasteiger partial charge on any atom is 0.276 e. The number of fused-ring (bicyclic) bond motifs is 1. The quantitative estimate of drug-likeness (QED) is 0.499. The fraction of sp³-hybridized carbons (Fsp3) is 0.208. The van der Waals surface area contributed by atoms with Crippen LogP contribution in [0.25, 0.3) is 17.1 Å². The zero-order chi connectivity index (χ0) is 23.7. The zero-order valence-electron chi connectivity index (χ0n) is 18.0. The van der Waals surface area contributed by atoms with Crippen molar-refractivity contribution in [1.29, 1.82) is 0 Å². The van der Waals surface area contributed by atoms with Gasteiger partial charge in [0.25, 0.3) is 11.5 Å². The molecule has 0 radical (unpaired) electrons. The highest BCUT2D eigenvalue weighted by molar-refractivity contribution is 6.03. The van der Waals surface area contributed by atoms with Crippen molar-refractivity contribution in [3.05, 3.63) is 88.1 Å². The number of carbonyl (C=O) groups is 1. The first-order valence-electron chi connectivity index (χ1n) is 10.9. The van der Waals surface area contributed by atoms with Crippen molar-refractivity contribution in [2.24, 2.45) is 0 Å². The van der Waals surface area contributed by atoms with E-state index in [1.54, 1.807) is 6.07 Å². The molecule has 1 aliphatic rings. The van der Waals surface area contributed by atoms with Gasteiger partial charge in [-0.1, -0.05) is 6.42 Å². The first-order chi connectivity index (χ1) is 16.5. The Morgan fingerprint density at radius 2 is 1.76 bits per heavy atom. The predicted molar refractivity (Wildman–Crippen MR) is 121 cm³/mol. The van der Waals surface area contributed by atoms with Crippen LogP contribution in [-0.2, 0) is 13.0 Å². The predicted octanol–water partition coefficient (Wildman–Crippen LogP) is 3.75. The number of halogens is 2.